The molecule has 0 aliphatic rings. The van der Waals surface area contributed by atoms with Gasteiger partial charge < -0.3 is 20.7 Å². The van der Waals surface area contributed by atoms with E-state index in [0.717, 1.165) is 5.56 Å². The van der Waals surface area contributed by atoms with Gasteiger partial charge in [-0.25, -0.2) is 0 Å². The third-order valence-corrected chi connectivity index (χ3v) is 2.12. The summed E-state index contributed by atoms with van der Waals surface area (Å²) in [5, 5.41) is 18.3. The summed E-state index contributed by atoms with van der Waals surface area (Å²) >= 11 is 5.79. The Labute approximate surface area is 93.2 Å². The number of halogens is 1. The van der Waals surface area contributed by atoms with Crippen molar-refractivity contribution < 1.29 is 14.9 Å². The van der Waals surface area contributed by atoms with Crippen LogP contribution < -0.4 is 10.5 Å². The number of hydrogen-bond donors (Lipinski definition) is 3. The van der Waals surface area contributed by atoms with Crippen LogP contribution in [-0.4, -0.2) is 29.5 Å². The highest BCUT2D eigenvalue weighted by Crippen LogP contribution is 2.22. The molecular weight excluding hydrogens is 218 g/mol. The Hall–Kier alpha value is -0.810. The summed E-state index contributed by atoms with van der Waals surface area (Å²) in [4.78, 5) is 0. The monoisotopic (exact) mass is 231 g/mol. The Morgan fingerprint density at radius 3 is 2.80 bits per heavy atom. The van der Waals surface area contributed by atoms with E-state index in [0.29, 0.717) is 17.3 Å². The zero-order chi connectivity index (χ0) is 11.3. The molecule has 4 nitrogen and oxygen atoms in total. The van der Waals surface area contributed by atoms with Crippen LogP contribution in [0.2, 0.25) is 5.02 Å². The van der Waals surface area contributed by atoms with E-state index in [1.165, 1.54) is 0 Å². The first-order valence-corrected chi connectivity index (χ1v) is 4.95. The van der Waals surface area contributed by atoms with Crippen molar-refractivity contribution in [3.05, 3.63) is 28.8 Å². The minimum absolute atomic E-state index is 0.0329. The molecule has 84 valence electrons. The van der Waals surface area contributed by atoms with Gasteiger partial charge in [0.05, 0.1) is 6.61 Å². The number of nitrogens with two attached hydrogens (primary N) is 1. The van der Waals surface area contributed by atoms with Crippen LogP contribution in [0.1, 0.15) is 5.56 Å². The minimum Gasteiger partial charge on any atom is -0.490 e. The van der Waals surface area contributed by atoms with E-state index in [1.54, 1.807) is 18.2 Å². The summed E-state index contributed by atoms with van der Waals surface area (Å²) in [5.74, 6) is 0.578. The molecule has 5 heteroatoms. The number of aliphatic hydroxyl groups is 2. The van der Waals surface area contributed by atoms with Gasteiger partial charge in [0.25, 0.3) is 0 Å². The summed E-state index contributed by atoms with van der Waals surface area (Å²) in [5.41, 5.74) is 6.28. The van der Waals surface area contributed by atoms with Crippen molar-refractivity contribution in [2.24, 2.45) is 5.73 Å². The first-order valence-electron chi connectivity index (χ1n) is 4.57. The van der Waals surface area contributed by atoms with Crippen LogP contribution >= 0.6 is 11.6 Å². The van der Waals surface area contributed by atoms with Gasteiger partial charge >= 0.3 is 0 Å². The average Bonchev–Trinajstić information content (AvgIpc) is 2.26. The largest absolute Gasteiger partial charge is 0.490 e. The summed E-state index contributed by atoms with van der Waals surface area (Å²) in [7, 11) is 0. The zero-order valence-corrected chi connectivity index (χ0v) is 8.94. The highest BCUT2D eigenvalue weighted by atomic mass is 35.5. The predicted molar refractivity (Wildman–Crippen MR) is 57.9 cm³/mol. The van der Waals surface area contributed by atoms with Crippen molar-refractivity contribution >= 4 is 11.6 Å². The van der Waals surface area contributed by atoms with E-state index in [1.807, 2.05) is 0 Å². The molecular formula is C10H14ClNO3. The van der Waals surface area contributed by atoms with Crippen LogP contribution in [0.15, 0.2) is 18.2 Å². The molecule has 0 amide bonds. The van der Waals surface area contributed by atoms with Gasteiger partial charge in [0.2, 0.25) is 0 Å². The molecule has 0 aromatic heterocycles. The standard InChI is InChI=1S/C10H14ClNO3/c11-8-1-2-10(7(3-8)4-12)15-6-9(14)5-13/h1-3,9,13-14H,4-6,12H2. The fraction of sp³-hybridized carbons (Fsp3) is 0.400. The van der Waals surface area contributed by atoms with Crippen molar-refractivity contribution in [3.8, 4) is 5.75 Å². The first kappa shape index (κ1) is 12.3. The first-order chi connectivity index (χ1) is 7.17. The van der Waals surface area contributed by atoms with Crippen LogP contribution in [0.4, 0.5) is 0 Å². The highest BCUT2D eigenvalue weighted by Gasteiger charge is 2.06. The summed E-state index contributed by atoms with van der Waals surface area (Å²) in [6.45, 7) is 0.0157. The van der Waals surface area contributed by atoms with Crippen LogP contribution in [-0.2, 0) is 6.54 Å². The maximum Gasteiger partial charge on any atom is 0.124 e. The van der Waals surface area contributed by atoms with Crippen molar-refractivity contribution in [3.63, 3.8) is 0 Å². The van der Waals surface area contributed by atoms with E-state index < -0.39 is 6.10 Å². The minimum atomic E-state index is -0.883. The lowest BCUT2D eigenvalue weighted by Gasteiger charge is -2.12. The molecule has 15 heavy (non-hydrogen) atoms. The lowest BCUT2D eigenvalue weighted by molar-refractivity contribution is 0.0533. The molecule has 0 saturated heterocycles. The number of aliphatic hydroxyl groups excluding tert-OH is 2. The molecule has 0 heterocycles. The van der Waals surface area contributed by atoms with E-state index in [4.69, 9.17) is 32.3 Å². The van der Waals surface area contributed by atoms with Crippen LogP contribution in [0.25, 0.3) is 0 Å². The molecule has 0 fully saturated rings. The molecule has 1 unspecified atom stereocenters. The van der Waals surface area contributed by atoms with Gasteiger partial charge in [-0.15, -0.1) is 0 Å². The van der Waals surface area contributed by atoms with Gasteiger partial charge in [-0.1, -0.05) is 11.6 Å². The quantitative estimate of drug-likeness (QED) is 0.691. The second-order valence-electron chi connectivity index (χ2n) is 3.10. The van der Waals surface area contributed by atoms with Gasteiger partial charge in [0.15, 0.2) is 0 Å². The summed E-state index contributed by atoms with van der Waals surface area (Å²) in [6.07, 6.45) is -0.883. The second kappa shape index (κ2) is 5.92. The van der Waals surface area contributed by atoms with Crippen molar-refractivity contribution in [2.45, 2.75) is 12.6 Å². The highest BCUT2D eigenvalue weighted by molar-refractivity contribution is 6.30. The third kappa shape index (κ3) is 3.68. The molecule has 0 radical (unpaired) electrons. The summed E-state index contributed by atoms with van der Waals surface area (Å²) in [6, 6.07) is 5.08. The lowest BCUT2D eigenvalue weighted by Crippen LogP contribution is -2.21. The molecule has 1 rings (SSSR count). The lowest BCUT2D eigenvalue weighted by atomic mass is 10.2. The molecule has 1 atom stereocenters. The molecule has 0 bridgehead atoms. The van der Waals surface area contributed by atoms with Gasteiger partial charge in [-0.05, 0) is 18.2 Å². The number of hydrogen-bond acceptors (Lipinski definition) is 4. The predicted octanol–water partition coefficient (Wildman–Crippen LogP) is 0.531. The fourth-order valence-corrected chi connectivity index (χ4v) is 1.28. The Morgan fingerprint density at radius 2 is 2.20 bits per heavy atom. The van der Waals surface area contributed by atoms with Gasteiger partial charge in [-0.2, -0.15) is 0 Å². The molecule has 1 aromatic rings. The van der Waals surface area contributed by atoms with Crippen molar-refractivity contribution in [1.82, 2.24) is 0 Å². The van der Waals surface area contributed by atoms with Crippen molar-refractivity contribution in [2.75, 3.05) is 13.2 Å². The molecule has 0 aliphatic heterocycles. The molecule has 0 spiro atoms. The van der Waals surface area contributed by atoms with Crippen molar-refractivity contribution in [1.29, 1.82) is 0 Å². The summed E-state index contributed by atoms with van der Waals surface area (Å²) < 4.78 is 5.29. The maximum absolute atomic E-state index is 9.11. The van der Waals surface area contributed by atoms with Gasteiger partial charge in [0, 0.05) is 17.1 Å². The molecule has 1 aromatic carbocycles. The normalized spacial score (nSPS) is 12.5. The Kier molecular flexibility index (Phi) is 4.84. The van der Waals surface area contributed by atoms with E-state index in [2.05, 4.69) is 0 Å². The zero-order valence-electron chi connectivity index (χ0n) is 8.19. The number of rotatable bonds is 5. The molecule has 0 saturated carbocycles. The smallest absolute Gasteiger partial charge is 0.124 e. The fourth-order valence-electron chi connectivity index (χ4n) is 1.09. The van der Waals surface area contributed by atoms with Crippen LogP contribution in [0, 0.1) is 0 Å². The SMILES string of the molecule is NCc1cc(Cl)ccc1OCC(O)CO. The van der Waals surface area contributed by atoms with Gasteiger partial charge in [0.1, 0.15) is 18.5 Å². The van der Waals surface area contributed by atoms with E-state index in [-0.39, 0.29) is 13.2 Å². The maximum atomic E-state index is 9.11. The molecule has 4 N–H and O–H groups in total. The van der Waals surface area contributed by atoms with Crippen LogP contribution in [0.5, 0.6) is 5.75 Å². The van der Waals surface area contributed by atoms with Crippen LogP contribution in [0.3, 0.4) is 0 Å². The molecule has 0 aliphatic carbocycles. The average molecular weight is 232 g/mol. The number of benzene rings is 1. The van der Waals surface area contributed by atoms with E-state index >= 15 is 0 Å². The number of ether oxygens (including phenoxy) is 1. The Bertz CT molecular complexity index is 320. The Morgan fingerprint density at radius 1 is 1.47 bits per heavy atom. The van der Waals surface area contributed by atoms with E-state index in [9.17, 15) is 0 Å². The Balaban J connectivity index is 2.67. The van der Waals surface area contributed by atoms with Gasteiger partial charge in [-0.3, -0.25) is 0 Å². The third-order valence-electron chi connectivity index (χ3n) is 1.88. The second-order valence-corrected chi connectivity index (χ2v) is 3.54. The topological polar surface area (TPSA) is 75.7 Å².